The highest BCUT2D eigenvalue weighted by Crippen LogP contribution is 2.45. The van der Waals surface area contributed by atoms with E-state index in [1.54, 1.807) is 7.11 Å². The molecule has 0 amide bonds. The predicted octanol–water partition coefficient (Wildman–Crippen LogP) is 5.28. The van der Waals surface area contributed by atoms with Crippen LogP contribution in [0.4, 0.5) is 0 Å². The molecule has 172 valence electrons. The highest BCUT2D eigenvalue weighted by Gasteiger charge is 2.43. The number of hydrogen-bond acceptors (Lipinski definition) is 6. The summed E-state index contributed by atoms with van der Waals surface area (Å²) >= 11 is 5.95. The summed E-state index contributed by atoms with van der Waals surface area (Å²) in [5.41, 5.74) is 3.80. The minimum absolute atomic E-state index is 0.0356. The van der Waals surface area contributed by atoms with Gasteiger partial charge in [0.15, 0.2) is 17.3 Å². The van der Waals surface area contributed by atoms with Gasteiger partial charge in [0, 0.05) is 34.3 Å². The van der Waals surface area contributed by atoms with Gasteiger partial charge >= 0.3 is 5.97 Å². The van der Waals surface area contributed by atoms with Crippen LogP contribution in [0.25, 0.3) is 0 Å². The Balaban J connectivity index is 1.70. The molecule has 0 radical (unpaired) electrons. The normalized spacial score (nSPS) is 20.1. The molecular weight excluding hydrogens is 442 g/mol. The zero-order chi connectivity index (χ0) is 23.5. The summed E-state index contributed by atoms with van der Waals surface area (Å²) in [6.07, 6.45) is 1.95. The van der Waals surface area contributed by atoms with Gasteiger partial charge < -0.3 is 14.2 Å². The lowest BCUT2D eigenvalue weighted by Gasteiger charge is -2.34. The summed E-state index contributed by atoms with van der Waals surface area (Å²) in [5.74, 6) is -0.424. The Hall–Kier alpha value is -3.12. The number of aliphatic imine (C=N–C) groups is 1. The molecule has 2 atom stereocenters. The maximum atomic E-state index is 12.9. The zero-order valence-electron chi connectivity index (χ0n) is 18.9. The fourth-order valence-electron chi connectivity index (χ4n) is 4.54. The number of carbonyl (C=O) groups excluding carboxylic acids is 2. The fourth-order valence-corrected chi connectivity index (χ4v) is 4.66. The molecule has 0 aromatic heterocycles. The average Bonchev–Trinajstić information content (AvgIpc) is 2.82. The van der Waals surface area contributed by atoms with Crippen molar-refractivity contribution in [3.63, 3.8) is 0 Å². The fraction of sp³-hybridized carbons (Fsp3) is 0.346. The van der Waals surface area contributed by atoms with Gasteiger partial charge in [-0.1, -0.05) is 29.8 Å². The Bertz CT molecular complexity index is 1140. The molecule has 0 bridgehead atoms. The molecule has 0 saturated carbocycles. The molecule has 6 nitrogen and oxygen atoms in total. The lowest BCUT2D eigenvalue weighted by atomic mass is 9.71. The number of ether oxygens (including phenoxy) is 3. The van der Waals surface area contributed by atoms with E-state index in [0.717, 1.165) is 29.7 Å². The van der Waals surface area contributed by atoms with Crippen molar-refractivity contribution in [2.75, 3.05) is 14.2 Å². The summed E-state index contributed by atoms with van der Waals surface area (Å²) in [5, 5.41) is 0.665. The number of esters is 1. The number of carbonyl (C=O) groups is 2. The molecular formula is C26H26ClNO5. The number of methoxy groups -OCH3 is 2. The first-order valence-electron chi connectivity index (χ1n) is 10.9. The second-order valence-electron chi connectivity index (χ2n) is 8.19. The second-order valence-corrected chi connectivity index (χ2v) is 8.63. The van der Waals surface area contributed by atoms with Crippen molar-refractivity contribution in [3.05, 3.63) is 69.9 Å². The number of Topliss-reactive ketones (excluding diaryl/α,β-unsaturated/α-hetero) is 1. The van der Waals surface area contributed by atoms with E-state index in [9.17, 15) is 9.59 Å². The van der Waals surface area contributed by atoms with Gasteiger partial charge in [-0.2, -0.15) is 0 Å². The first-order valence-corrected chi connectivity index (χ1v) is 11.2. The van der Waals surface area contributed by atoms with Crippen LogP contribution in [-0.4, -0.2) is 31.7 Å². The van der Waals surface area contributed by atoms with E-state index < -0.39 is 17.8 Å². The van der Waals surface area contributed by atoms with Crippen LogP contribution in [0.5, 0.6) is 11.5 Å². The number of allylic oxidation sites excluding steroid dienone is 2. The molecule has 4 rings (SSSR count). The highest BCUT2D eigenvalue weighted by molar-refractivity contribution is 6.30. The van der Waals surface area contributed by atoms with Crippen LogP contribution < -0.4 is 9.47 Å². The minimum atomic E-state index is -0.665. The lowest BCUT2D eigenvalue weighted by molar-refractivity contribution is -0.143. The van der Waals surface area contributed by atoms with Crippen molar-refractivity contribution in [1.82, 2.24) is 0 Å². The van der Waals surface area contributed by atoms with Crippen molar-refractivity contribution in [3.8, 4) is 11.5 Å². The molecule has 1 aliphatic carbocycles. The third-order valence-electron chi connectivity index (χ3n) is 6.14. The zero-order valence-corrected chi connectivity index (χ0v) is 19.6. The van der Waals surface area contributed by atoms with Gasteiger partial charge in [0.05, 0.1) is 14.2 Å². The molecule has 2 aliphatic rings. The average molecular weight is 468 g/mol. The van der Waals surface area contributed by atoms with E-state index in [0.29, 0.717) is 40.8 Å². The molecule has 2 aromatic rings. The highest BCUT2D eigenvalue weighted by atomic mass is 35.5. The van der Waals surface area contributed by atoms with E-state index in [1.165, 1.54) is 7.11 Å². The van der Waals surface area contributed by atoms with Crippen LogP contribution in [0.1, 0.15) is 43.2 Å². The molecule has 1 heterocycles. The Morgan fingerprint density at radius 3 is 2.55 bits per heavy atom. The Morgan fingerprint density at radius 2 is 1.85 bits per heavy atom. The van der Waals surface area contributed by atoms with Gasteiger partial charge in [0.25, 0.3) is 0 Å². The van der Waals surface area contributed by atoms with Gasteiger partial charge in [0.1, 0.15) is 12.5 Å². The van der Waals surface area contributed by atoms with Crippen molar-refractivity contribution in [2.24, 2.45) is 10.9 Å². The first kappa shape index (κ1) is 23.1. The summed E-state index contributed by atoms with van der Waals surface area (Å²) in [6.45, 7) is 2.17. The maximum absolute atomic E-state index is 12.9. The topological polar surface area (TPSA) is 74.2 Å². The Kier molecular flexibility index (Phi) is 6.84. The molecule has 7 heteroatoms. The van der Waals surface area contributed by atoms with E-state index >= 15 is 0 Å². The molecule has 0 fully saturated rings. The molecule has 0 spiro atoms. The molecule has 2 aromatic carbocycles. The molecule has 0 N–H and O–H groups in total. The largest absolute Gasteiger partial charge is 0.493 e. The van der Waals surface area contributed by atoms with E-state index in [4.69, 9.17) is 25.8 Å². The van der Waals surface area contributed by atoms with Crippen LogP contribution in [-0.2, 0) is 20.9 Å². The van der Waals surface area contributed by atoms with Crippen LogP contribution in [0, 0.1) is 5.92 Å². The smallest absolute Gasteiger partial charge is 0.315 e. The van der Waals surface area contributed by atoms with Crippen molar-refractivity contribution in [2.45, 2.75) is 38.7 Å². The van der Waals surface area contributed by atoms with Gasteiger partial charge in [-0.15, -0.1) is 0 Å². The van der Waals surface area contributed by atoms with Gasteiger partial charge in [0.2, 0.25) is 0 Å². The van der Waals surface area contributed by atoms with Crippen LogP contribution >= 0.6 is 11.6 Å². The summed E-state index contributed by atoms with van der Waals surface area (Å²) in [7, 11) is 2.92. The van der Waals surface area contributed by atoms with Gasteiger partial charge in [-0.25, -0.2) is 0 Å². The van der Waals surface area contributed by atoms with E-state index in [1.807, 2.05) is 49.4 Å². The number of rotatable bonds is 6. The quantitative estimate of drug-likeness (QED) is 0.540. The standard InChI is InChI=1S/C26H26ClNO5/c1-15-23(26(30)32-3)24(25-19(28-15)5-4-6-20(25)29)17-9-12-21(22(13-17)31-2)33-14-16-7-10-18(27)11-8-16/h7-13,23-24H,4-6,14H2,1-3H3/t23?,24-/m1/s1. The van der Waals surface area contributed by atoms with Crippen LogP contribution in [0.15, 0.2) is 58.7 Å². The third-order valence-corrected chi connectivity index (χ3v) is 6.40. The van der Waals surface area contributed by atoms with Crippen molar-refractivity contribution in [1.29, 1.82) is 0 Å². The maximum Gasteiger partial charge on any atom is 0.315 e. The second kappa shape index (κ2) is 9.79. The van der Waals surface area contributed by atoms with Crippen molar-refractivity contribution >= 4 is 29.1 Å². The van der Waals surface area contributed by atoms with Crippen LogP contribution in [0.2, 0.25) is 5.02 Å². The number of nitrogens with zero attached hydrogens (tertiary/aromatic N) is 1. The first-order chi connectivity index (χ1) is 15.9. The summed E-state index contributed by atoms with van der Waals surface area (Å²) in [4.78, 5) is 30.3. The Labute approximate surface area is 198 Å². The number of ketones is 1. The van der Waals surface area contributed by atoms with E-state index in [-0.39, 0.29) is 5.78 Å². The lowest BCUT2D eigenvalue weighted by Crippen LogP contribution is -2.36. The monoisotopic (exact) mass is 467 g/mol. The van der Waals surface area contributed by atoms with Crippen LogP contribution in [0.3, 0.4) is 0 Å². The Morgan fingerprint density at radius 1 is 1.09 bits per heavy atom. The number of halogens is 1. The van der Waals surface area contributed by atoms with E-state index in [2.05, 4.69) is 4.99 Å². The molecule has 1 aliphatic heterocycles. The van der Waals surface area contributed by atoms with Crippen molar-refractivity contribution < 1.29 is 23.8 Å². The number of benzene rings is 2. The summed E-state index contributed by atoms with van der Waals surface area (Å²) < 4.78 is 16.7. The minimum Gasteiger partial charge on any atom is -0.493 e. The SMILES string of the molecule is COC(=O)C1C(C)=NC2=C(C(=O)CCC2)[C@@H]1c1ccc(OCc2ccc(Cl)cc2)c(OC)c1. The van der Waals surface area contributed by atoms with Gasteiger partial charge in [-0.05, 0) is 55.2 Å². The predicted molar refractivity (Wildman–Crippen MR) is 126 cm³/mol. The third kappa shape index (κ3) is 4.67. The molecule has 33 heavy (non-hydrogen) atoms. The van der Waals surface area contributed by atoms with Gasteiger partial charge in [-0.3, -0.25) is 14.6 Å². The number of hydrogen-bond donors (Lipinski definition) is 0. The summed E-state index contributed by atoms with van der Waals surface area (Å²) in [6, 6.07) is 13.0. The molecule has 1 unspecified atom stereocenters. The molecule has 0 saturated heterocycles.